The molecule has 3 N–H and O–H groups in total. The average Bonchev–Trinajstić information content (AvgIpc) is 3.25. The van der Waals surface area contributed by atoms with Crippen LogP contribution in [-0.2, 0) is 18.3 Å². The van der Waals surface area contributed by atoms with Crippen LogP contribution in [0.25, 0.3) is 11.2 Å². The molecule has 11 nitrogen and oxygen atoms in total. The summed E-state index contributed by atoms with van der Waals surface area (Å²) in [6, 6.07) is 0. The van der Waals surface area contributed by atoms with E-state index in [1.54, 1.807) is 9.24 Å². The van der Waals surface area contributed by atoms with Crippen molar-refractivity contribution in [2.75, 3.05) is 25.4 Å². The molecular weight excluding hydrogens is 375 g/mol. The van der Waals surface area contributed by atoms with Crippen LogP contribution < -0.4 is 5.73 Å². The summed E-state index contributed by atoms with van der Waals surface area (Å²) in [6.07, 6.45) is 2.70. The molecule has 0 aliphatic carbocycles. The molecule has 2 aromatic heterocycles. The predicted molar refractivity (Wildman–Crippen MR) is 93.5 cm³/mol. The van der Waals surface area contributed by atoms with Crippen LogP contribution in [0.4, 0.5) is 5.82 Å². The Bertz CT molecular complexity index is 902. The van der Waals surface area contributed by atoms with Gasteiger partial charge in [-0.1, -0.05) is 6.42 Å². The summed E-state index contributed by atoms with van der Waals surface area (Å²) in [5, 5.41) is 10.8. The second-order valence-electron chi connectivity index (χ2n) is 6.99. The second kappa shape index (κ2) is 6.47. The zero-order valence-corrected chi connectivity index (χ0v) is 15.4. The molecule has 12 heteroatoms. The number of hydrogen-bond acceptors (Lipinski definition) is 9. The van der Waals surface area contributed by atoms with E-state index in [2.05, 4.69) is 15.0 Å². The Kier molecular flexibility index (Phi) is 4.19. The molecule has 3 saturated heterocycles. The van der Waals surface area contributed by atoms with Crippen molar-refractivity contribution in [2.45, 2.75) is 43.8 Å². The molecule has 146 valence electrons. The Morgan fingerprint density at radius 1 is 1.22 bits per heavy atom. The van der Waals surface area contributed by atoms with Crippen LogP contribution in [-0.4, -0.2) is 67.3 Å². The molecule has 5 rings (SSSR count). The molecule has 0 aromatic carbocycles. The Labute approximate surface area is 155 Å². The zero-order valence-electron chi connectivity index (χ0n) is 14.5. The number of nitrogens with zero attached hydrogens (tertiary/aromatic N) is 5. The minimum Gasteiger partial charge on any atom is -0.386 e. The molecule has 0 saturated carbocycles. The summed E-state index contributed by atoms with van der Waals surface area (Å²) in [4.78, 5) is 12.3. The number of anilines is 1. The van der Waals surface area contributed by atoms with Gasteiger partial charge in [0.2, 0.25) is 0 Å². The summed E-state index contributed by atoms with van der Waals surface area (Å²) < 4.78 is 33.9. The van der Waals surface area contributed by atoms with Gasteiger partial charge in [-0.2, -0.15) is 0 Å². The van der Waals surface area contributed by atoms with Crippen LogP contribution in [0, 0.1) is 0 Å². The maximum atomic E-state index is 13.2. The number of nitrogens with two attached hydrogens (primary N) is 1. The molecule has 0 unspecified atom stereocenters. The van der Waals surface area contributed by atoms with Gasteiger partial charge in [-0.15, -0.1) is 0 Å². The maximum absolute atomic E-state index is 13.2. The summed E-state index contributed by atoms with van der Waals surface area (Å²) in [5.41, 5.74) is 6.70. The summed E-state index contributed by atoms with van der Waals surface area (Å²) >= 11 is 0. The van der Waals surface area contributed by atoms with Crippen LogP contribution in [0.2, 0.25) is 0 Å². The van der Waals surface area contributed by atoms with Gasteiger partial charge in [0.1, 0.15) is 30.2 Å². The molecule has 5 heterocycles. The van der Waals surface area contributed by atoms with E-state index >= 15 is 0 Å². The number of hydrogen-bond donors (Lipinski definition) is 2. The van der Waals surface area contributed by atoms with E-state index in [0.29, 0.717) is 24.3 Å². The number of piperidine rings is 1. The van der Waals surface area contributed by atoms with Crippen LogP contribution >= 0.6 is 7.75 Å². The number of aliphatic hydroxyl groups is 1. The van der Waals surface area contributed by atoms with E-state index < -0.39 is 32.3 Å². The molecule has 5 atom stereocenters. The molecule has 0 spiro atoms. The summed E-state index contributed by atoms with van der Waals surface area (Å²) in [5.74, 6) is 0.248. The van der Waals surface area contributed by atoms with Crippen LogP contribution in [0.15, 0.2) is 12.7 Å². The van der Waals surface area contributed by atoms with Crippen molar-refractivity contribution in [3.8, 4) is 0 Å². The van der Waals surface area contributed by atoms with Crippen molar-refractivity contribution < 1.29 is 23.5 Å². The van der Waals surface area contributed by atoms with E-state index in [0.717, 1.165) is 19.3 Å². The Balaban J connectivity index is 1.41. The van der Waals surface area contributed by atoms with Crippen LogP contribution in [0.5, 0.6) is 0 Å². The monoisotopic (exact) mass is 396 g/mol. The Morgan fingerprint density at radius 3 is 2.85 bits per heavy atom. The number of imidazole rings is 1. The highest BCUT2D eigenvalue weighted by Crippen LogP contribution is 2.59. The van der Waals surface area contributed by atoms with Gasteiger partial charge in [0.25, 0.3) is 0 Å². The van der Waals surface area contributed by atoms with Crippen LogP contribution in [0.1, 0.15) is 25.5 Å². The summed E-state index contributed by atoms with van der Waals surface area (Å²) in [6.45, 7) is 1.42. The van der Waals surface area contributed by atoms with Gasteiger partial charge < -0.3 is 15.6 Å². The quantitative estimate of drug-likeness (QED) is 0.697. The first-order valence-corrected chi connectivity index (χ1v) is 10.5. The third-order valence-corrected chi connectivity index (χ3v) is 7.38. The average molecular weight is 396 g/mol. The van der Waals surface area contributed by atoms with Gasteiger partial charge in [-0.3, -0.25) is 13.6 Å². The third kappa shape index (κ3) is 2.77. The van der Waals surface area contributed by atoms with Gasteiger partial charge >= 0.3 is 7.75 Å². The minimum absolute atomic E-state index is 0.0930. The first-order chi connectivity index (χ1) is 13.1. The van der Waals surface area contributed by atoms with Gasteiger partial charge in [0.05, 0.1) is 12.9 Å². The molecule has 3 aliphatic rings. The second-order valence-corrected chi connectivity index (χ2v) is 8.96. The number of nitrogen functional groups attached to an aromatic ring is 1. The Hall–Kier alpha value is -1.62. The highest BCUT2D eigenvalue weighted by molar-refractivity contribution is 7.51. The maximum Gasteiger partial charge on any atom is 0.408 e. The lowest BCUT2D eigenvalue weighted by Gasteiger charge is -2.38. The van der Waals surface area contributed by atoms with Crippen molar-refractivity contribution in [2.24, 2.45) is 0 Å². The zero-order chi connectivity index (χ0) is 18.6. The van der Waals surface area contributed by atoms with Crippen molar-refractivity contribution in [3.05, 3.63) is 12.7 Å². The smallest absolute Gasteiger partial charge is 0.386 e. The number of aliphatic hydroxyl groups excluding tert-OH is 1. The fourth-order valence-corrected chi connectivity index (χ4v) is 5.93. The van der Waals surface area contributed by atoms with Gasteiger partial charge in [-0.05, 0) is 12.8 Å². The van der Waals surface area contributed by atoms with Gasteiger partial charge in [0, 0.05) is 13.1 Å². The van der Waals surface area contributed by atoms with Crippen molar-refractivity contribution >= 4 is 24.7 Å². The first kappa shape index (κ1) is 17.5. The van der Waals surface area contributed by atoms with Gasteiger partial charge in [-0.25, -0.2) is 24.2 Å². The van der Waals surface area contributed by atoms with Crippen molar-refractivity contribution in [1.29, 1.82) is 0 Å². The third-order valence-electron chi connectivity index (χ3n) is 5.31. The lowest BCUT2D eigenvalue weighted by molar-refractivity contribution is -0.0644. The standard InChI is InChI=1S/C15H21N6O5P/c16-13-10-14(18-7-17-13)21(8-19-10)15-11(22)12-9(25-15)6-24-27(23,26-12)20-4-2-1-3-5-20/h7-9,11-12,15,22H,1-6H2,(H2,16,17,18)/t9-,11-,12-,15-,27-/m1/s1. The highest BCUT2D eigenvalue weighted by Gasteiger charge is 2.54. The number of rotatable bonds is 2. The fraction of sp³-hybridized carbons (Fsp3) is 0.667. The number of fused-ring (bicyclic) bond motifs is 2. The molecule has 27 heavy (non-hydrogen) atoms. The lowest BCUT2D eigenvalue weighted by Crippen LogP contribution is -2.43. The Morgan fingerprint density at radius 2 is 2.04 bits per heavy atom. The molecule has 0 amide bonds. The predicted octanol–water partition coefficient (Wildman–Crippen LogP) is 0.676. The van der Waals surface area contributed by atoms with Gasteiger partial charge in [0.15, 0.2) is 17.7 Å². The van der Waals surface area contributed by atoms with Crippen molar-refractivity contribution in [1.82, 2.24) is 24.2 Å². The minimum atomic E-state index is -3.43. The number of aromatic nitrogens is 4. The molecule has 0 radical (unpaired) electrons. The lowest BCUT2D eigenvalue weighted by atomic mass is 10.1. The highest BCUT2D eigenvalue weighted by atomic mass is 31.2. The topological polar surface area (TPSA) is 138 Å². The first-order valence-electron chi connectivity index (χ1n) is 9.02. The molecular formula is C15H21N6O5P. The molecule has 3 fully saturated rings. The largest absolute Gasteiger partial charge is 0.408 e. The molecule has 0 bridgehead atoms. The molecule has 2 aromatic rings. The van der Waals surface area contributed by atoms with E-state index in [1.165, 1.54) is 12.7 Å². The van der Waals surface area contributed by atoms with E-state index in [1.807, 2.05) is 0 Å². The fourth-order valence-electron chi connectivity index (χ4n) is 3.89. The molecule has 3 aliphatic heterocycles. The van der Waals surface area contributed by atoms with E-state index in [9.17, 15) is 9.67 Å². The summed E-state index contributed by atoms with van der Waals surface area (Å²) in [7, 11) is -3.43. The number of ether oxygens (including phenoxy) is 1. The SMILES string of the molecule is Nc1ncnc2c1ncn2[C@@H]1O[C@@H]2CO[P@](=O)(N3CCCCC3)O[C@H]2[C@H]1O. The van der Waals surface area contributed by atoms with E-state index in [4.69, 9.17) is 19.5 Å². The normalized spacial score (nSPS) is 37.5. The van der Waals surface area contributed by atoms with Crippen molar-refractivity contribution in [3.63, 3.8) is 0 Å². The van der Waals surface area contributed by atoms with E-state index in [-0.39, 0.29) is 12.4 Å². The van der Waals surface area contributed by atoms with Crippen LogP contribution in [0.3, 0.4) is 0 Å².